The van der Waals surface area contributed by atoms with Crippen molar-refractivity contribution < 1.29 is 45.1 Å². The van der Waals surface area contributed by atoms with Crippen molar-refractivity contribution in [1.29, 1.82) is 0 Å². The third kappa shape index (κ3) is 24.2. The molecule has 1 amide bonds. The van der Waals surface area contributed by atoms with Gasteiger partial charge in [-0.05, 0) is 12.8 Å². The normalized spacial score (nSPS) is 11.1. The van der Waals surface area contributed by atoms with E-state index in [-0.39, 0.29) is 45.5 Å². The first kappa shape index (κ1) is 35.8. The number of amides is 1. The third-order valence-electron chi connectivity index (χ3n) is 5.32. The zero-order chi connectivity index (χ0) is 26.9. The number of hydrogen-bond donors (Lipinski definition) is 0. The molecule has 0 spiro atoms. The summed E-state index contributed by atoms with van der Waals surface area (Å²) in [5.74, 6) is 1.62. The number of esters is 2. The van der Waals surface area contributed by atoms with E-state index < -0.39 is 0 Å². The molecule has 0 aromatic rings. The number of unbranched alkanes of at least 4 members (excludes halogenated alkanes) is 4. The molecule has 36 heavy (non-hydrogen) atoms. The van der Waals surface area contributed by atoms with Crippen LogP contribution in [0.3, 0.4) is 0 Å². The first-order chi connectivity index (χ1) is 17.4. The summed E-state index contributed by atoms with van der Waals surface area (Å²) in [6.07, 6.45) is 9.55. The Balaban J connectivity index is 3.96. The Kier molecular flexibility index (Phi) is 26.3. The first-order valence-electron chi connectivity index (χ1n) is 13.3. The van der Waals surface area contributed by atoms with Crippen molar-refractivity contribution in [3.8, 4) is 0 Å². The van der Waals surface area contributed by atoms with E-state index in [4.69, 9.17) is 9.47 Å². The summed E-state index contributed by atoms with van der Waals surface area (Å²) < 4.78 is 11.5. The standard InChI is InChI=1S/C26H50IN2O5S2/c1-5-6-7-8-9-20-33-25(31)14-11-23-36-35-22-10-13-24(30)29(18-12-17-28(3)4)19-15-26(32)34-21-16-27-2/h5-23H2,1-4H3/q-1. The van der Waals surface area contributed by atoms with E-state index in [1.807, 2.05) is 19.0 Å². The zero-order valence-corrected chi connectivity index (χ0v) is 26.9. The quantitative estimate of drug-likeness (QED) is 0.0483. The monoisotopic (exact) mass is 661 g/mol. The molecule has 0 unspecified atom stereocenters. The zero-order valence-electron chi connectivity index (χ0n) is 23.1. The molecular weight excluding hydrogens is 611 g/mol. The van der Waals surface area contributed by atoms with Gasteiger partial charge in [0.05, 0.1) is 6.61 Å². The van der Waals surface area contributed by atoms with Gasteiger partial charge in [-0.1, -0.05) is 43.4 Å². The van der Waals surface area contributed by atoms with Crippen molar-refractivity contribution in [2.75, 3.05) is 67.8 Å². The summed E-state index contributed by atoms with van der Waals surface area (Å²) in [7, 11) is 7.55. The Hall–Kier alpha value is -0.200. The van der Waals surface area contributed by atoms with Crippen LogP contribution in [0.2, 0.25) is 0 Å². The van der Waals surface area contributed by atoms with Gasteiger partial charge in [0.1, 0.15) is 0 Å². The van der Waals surface area contributed by atoms with Gasteiger partial charge in [0.15, 0.2) is 0 Å². The molecule has 0 saturated heterocycles. The van der Waals surface area contributed by atoms with Crippen LogP contribution in [0.5, 0.6) is 0 Å². The number of nitrogens with zero attached hydrogens (tertiary/aromatic N) is 2. The van der Waals surface area contributed by atoms with Crippen molar-refractivity contribution in [3.05, 3.63) is 0 Å². The van der Waals surface area contributed by atoms with Gasteiger partial charge in [0.25, 0.3) is 0 Å². The average Bonchev–Trinajstić information content (AvgIpc) is 2.84. The van der Waals surface area contributed by atoms with Gasteiger partial charge in [-0.15, -0.1) is 0 Å². The molecule has 10 heteroatoms. The minimum atomic E-state index is -0.208. The number of ether oxygens (including phenoxy) is 2. The van der Waals surface area contributed by atoms with Gasteiger partial charge in [-0.3, -0.25) is 4.79 Å². The molecule has 0 aromatic heterocycles. The number of carbonyl (C=O) groups excluding carboxylic acids is 3. The van der Waals surface area contributed by atoms with E-state index >= 15 is 0 Å². The van der Waals surface area contributed by atoms with Crippen LogP contribution in [-0.2, 0) is 23.9 Å². The second kappa shape index (κ2) is 26.4. The molecule has 0 aliphatic rings. The molecular formula is C26H50IN2O5S2-. The summed E-state index contributed by atoms with van der Waals surface area (Å²) in [6.45, 7) is 5.26. The number of rotatable bonds is 25. The Morgan fingerprint density at radius 2 is 1.36 bits per heavy atom. The summed E-state index contributed by atoms with van der Waals surface area (Å²) in [4.78, 5) is 42.6. The van der Waals surface area contributed by atoms with Gasteiger partial charge in [-0.25, -0.2) is 0 Å². The van der Waals surface area contributed by atoms with E-state index in [2.05, 4.69) is 16.8 Å². The van der Waals surface area contributed by atoms with Gasteiger partial charge < -0.3 is 4.74 Å². The van der Waals surface area contributed by atoms with Crippen LogP contribution in [-0.4, -0.2) is 95.5 Å². The minimum absolute atomic E-state index is 0.0910. The SMILES string of the molecule is CCCCCCCOC(=O)CCCSSCCCC(=O)N(CCCN(C)C)CCC(=O)OCC[I-]C. The molecule has 0 fully saturated rings. The number of halogens is 1. The Bertz CT molecular complexity index is 570. The van der Waals surface area contributed by atoms with E-state index in [9.17, 15) is 14.4 Å². The molecule has 0 saturated carbocycles. The summed E-state index contributed by atoms with van der Waals surface area (Å²) >= 11 is 0.134. The fraction of sp³-hybridized carbons (Fsp3) is 0.885. The summed E-state index contributed by atoms with van der Waals surface area (Å²) in [5.41, 5.74) is 0. The predicted molar refractivity (Wildman–Crippen MR) is 149 cm³/mol. The second-order valence-electron chi connectivity index (χ2n) is 8.95. The topological polar surface area (TPSA) is 76.2 Å². The predicted octanol–water partition coefficient (Wildman–Crippen LogP) is 1.87. The van der Waals surface area contributed by atoms with Crippen LogP contribution >= 0.6 is 21.6 Å². The van der Waals surface area contributed by atoms with Crippen LogP contribution in [0.1, 0.15) is 77.6 Å². The molecule has 0 heterocycles. The van der Waals surface area contributed by atoms with Gasteiger partial charge in [0.2, 0.25) is 0 Å². The van der Waals surface area contributed by atoms with E-state index in [1.54, 1.807) is 21.6 Å². The van der Waals surface area contributed by atoms with Crippen LogP contribution in [0.4, 0.5) is 0 Å². The maximum absolute atomic E-state index is 12.8. The molecule has 0 atom stereocenters. The van der Waals surface area contributed by atoms with Crippen molar-refractivity contribution in [2.45, 2.75) is 77.6 Å². The van der Waals surface area contributed by atoms with Gasteiger partial charge >= 0.3 is 155 Å². The molecule has 0 aliphatic heterocycles. The number of hydrogen-bond acceptors (Lipinski definition) is 8. The van der Waals surface area contributed by atoms with Gasteiger partial charge in [0, 0.05) is 12.2 Å². The molecule has 0 radical (unpaired) electrons. The summed E-state index contributed by atoms with van der Waals surface area (Å²) in [6, 6.07) is 0. The van der Waals surface area contributed by atoms with E-state index in [0.717, 1.165) is 54.6 Å². The molecule has 0 bridgehead atoms. The van der Waals surface area contributed by atoms with Crippen LogP contribution < -0.4 is 21.2 Å². The Labute approximate surface area is 238 Å². The Morgan fingerprint density at radius 3 is 2.03 bits per heavy atom. The fourth-order valence-corrected chi connectivity index (χ4v) is 6.10. The Morgan fingerprint density at radius 1 is 0.722 bits per heavy atom. The molecule has 0 aromatic carbocycles. The fourth-order valence-electron chi connectivity index (χ4n) is 3.26. The van der Waals surface area contributed by atoms with E-state index in [1.165, 1.54) is 19.3 Å². The molecule has 0 rings (SSSR count). The molecule has 0 N–H and O–H groups in total. The van der Waals surface area contributed by atoms with Crippen LogP contribution in [0.25, 0.3) is 0 Å². The van der Waals surface area contributed by atoms with E-state index in [0.29, 0.717) is 39.1 Å². The van der Waals surface area contributed by atoms with Crippen molar-refractivity contribution in [1.82, 2.24) is 9.80 Å². The maximum atomic E-state index is 12.8. The number of alkyl halides is 2. The third-order valence-corrected chi connectivity index (χ3v) is 9.42. The molecule has 7 nitrogen and oxygen atoms in total. The van der Waals surface area contributed by atoms with Gasteiger partial charge in [-0.2, -0.15) is 0 Å². The van der Waals surface area contributed by atoms with Crippen molar-refractivity contribution >= 4 is 39.4 Å². The van der Waals surface area contributed by atoms with Crippen LogP contribution in [0, 0.1) is 0 Å². The van der Waals surface area contributed by atoms with Crippen molar-refractivity contribution in [3.63, 3.8) is 0 Å². The summed E-state index contributed by atoms with van der Waals surface area (Å²) in [5, 5.41) is 0. The molecule has 214 valence electrons. The number of carbonyl (C=O) groups is 3. The van der Waals surface area contributed by atoms with Crippen LogP contribution in [0.15, 0.2) is 0 Å². The average molecular weight is 662 g/mol. The first-order valence-corrected chi connectivity index (χ1v) is 19.5. The molecule has 0 aliphatic carbocycles. The van der Waals surface area contributed by atoms with Crippen molar-refractivity contribution in [2.24, 2.45) is 0 Å². The second-order valence-corrected chi connectivity index (χ2v) is 14.3.